The number of rotatable bonds is 6. The molecule has 0 saturated carbocycles. The van der Waals surface area contributed by atoms with E-state index in [-0.39, 0.29) is 0 Å². The van der Waals surface area contributed by atoms with Gasteiger partial charge < -0.3 is 10.4 Å². The van der Waals surface area contributed by atoms with Gasteiger partial charge in [-0.15, -0.1) is 11.3 Å². The van der Waals surface area contributed by atoms with Crippen LogP contribution in [0.25, 0.3) is 10.3 Å². The van der Waals surface area contributed by atoms with E-state index in [9.17, 15) is 5.11 Å². The van der Waals surface area contributed by atoms with Crippen LogP contribution in [0, 0.1) is 0 Å². The van der Waals surface area contributed by atoms with Gasteiger partial charge in [0.15, 0.2) is 9.99 Å². The number of aromatic nitrogens is 3. The molecule has 22 heavy (non-hydrogen) atoms. The second kappa shape index (κ2) is 7.04. The van der Waals surface area contributed by atoms with E-state index in [0.717, 1.165) is 20.4 Å². The number of thioether (sulfide) groups is 1. The molecule has 0 aliphatic carbocycles. The molecule has 3 aromatic rings. The summed E-state index contributed by atoms with van der Waals surface area (Å²) in [5, 5.41) is 13.4. The second-order valence-electron chi connectivity index (χ2n) is 4.78. The van der Waals surface area contributed by atoms with Crippen molar-refractivity contribution in [3.8, 4) is 0 Å². The Morgan fingerprint density at radius 1 is 1.27 bits per heavy atom. The van der Waals surface area contributed by atoms with Gasteiger partial charge in [0.2, 0.25) is 0 Å². The first-order valence-electron chi connectivity index (χ1n) is 6.87. The van der Waals surface area contributed by atoms with Crippen LogP contribution >= 0.6 is 23.1 Å². The zero-order chi connectivity index (χ0) is 15.4. The SMILES string of the molecule is CSc1nc2ncnc(NCC(O)Cc3ccccc3)c2s1. The van der Waals surface area contributed by atoms with Gasteiger partial charge in [-0.1, -0.05) is 42.1 Å². The maximum atomic E-state index is 10.2. The van der Waals surface area contributed by atoms with Gasteiger partial charge in [-0.05, 0) is 11.8 Å². The number of aliphatic hydroxyl groups is 1. The first kappa shape index (κ1) is 15.2. The average molecular weight is 332 g/mol. The number of nitrogens with zero attached hydrogens (tertiary/aromatic N) is 3. The summed E-state index contributed by atoms with van der Waals surface area (Å²) in [4.78, 5) is 12.9. The molecule has 1 unspecified atom stereocenters. The highest BCUT2D eigenvalue weighted by Crippen LogP contribution is 2.30. The zero-order valence-electron chi connectivity index (χ0n) is 12.1. The molecule has 114 valence electrons. The molecule has 1 atom stereocenters. The van der Waals surface area contributed by atoms with Crippen molar-refractivity contribution in [1.29, 1.82) is 0 Å². The van der Waals surface area contributed by atoms with E-state index in [1.54, 1.807) is 23.1 Å². The number of hydrogen-bond acceptors (Lipinski definition) is 7. The summed E-state index contributed by atoms with van der Waals surface area (Å²) in [6, 6.07) is 9.95. The third-order valence-electron chi connectivity index (χ3n) is 3.17. The lowest BCUT2D eigenvalue weighted by Gasteiger charge is -2.12. The maximum Gasteiger partial charge on any atom is 0.176 e. The fourth-order valence-corrected chi connectivity index (χ4v) is 3.60. The predicted molar refractivity (Wildman–Crippen MR) is 91.6 cm³/mol. The lowest BCUT2D eigenvalue weighted by atomic mass is 10.1. The van der Waals surface area contributed by atoms with Crippen molar-refractivity contribution in [3.63, 3.8) is 0 Å². The van der Waals surface area contributed by atoms with Crippen LogP contribution in [-0.2, 0) is 6.42 Å². The summed E-state index contributed by atoms with van der Waals surface area (Å²) in [7, 11) is 0. The molecule has 3 rings (SSSR count). The van der Waals surface area contributed by atoms with Crippen molar-refractivity contribution in [1.82, 2.24) is 15.0 Å². The first-order valence-corrected chi connectivity index (χ1v) is 8.92. The molecule has 2 heterocycles. The van der Waals surface area contributed by atoms with E-state index < -0.39 is 6.10 Å². The van der Waals surface area contributed by atoms with Gasteiger partial charge in [-0.2, -0.15) is 0 Å². The van der Waals surface area contributed by atoms with Crippen LogP contribution in [0.2, 0.25) is 0 Å². The van der Waals surface area contributed by atoms with Crippen LogP contribution in [0.15, 0.2) is 41.0 Å². The van der Waals surface area contributed by atoms with Gasteiger partial charge >= 0.3 is 0 Å². The van der Waals surface area contributed by atoms with Crippen molar-refractivity contribution >= 4 is 39.3 Å². The lowest BCUT2D eigenvalue weighted by molar-refractivity contribution is 0.188. The minimum Gasteiger partial charge on any atom is -0.391 e. The summed E-state index contributed by atoms with van der Waals surface area (Å²) in [5.74, 6) is 0.731. The van der Waals surface area contributed by atoms with Crippen LogP contribution in [-0.4, -0.2) is 39.0 Å². The fourth-order valence-electron chi connectivity index (χ4n) is 2.12. The third-order valence-corrected chi connectivity index (χ3v) is 5.20. The van der Waals surface area contributed by atoms with Crippen molar-refractivity contribution in [2.24, 2.45) is 0 Å². The van der Waals surface area contributed by atoms with Crippen molar-refractivity contribution in [2.45, 2.75) is 16.9 Å². The van der Waals surface area contributed by atoms with E-state index in [4.69, 9.17) is 0 Å². The highest BCUT2D eigenvalue weighted by molar-refractivity contribution is 8.00. The first-order chi connectivity index (χ1) is 10.8. The monoisotopic (exact) mass is 332 g/mol. The number of fused-ring (bicyclic) bond motifs is 1. The Hall–Kier alpha value is -1.70. The van der Waals surface area contributed by atoms with E-state index in [2.05, 4.69) is 20.3 Å². The maximum absolute atomic E-state index is 10.2. The quantitative estimate of drug-likeness (QED) is 0.676. The molecule has 2 N–H and O–H groups in total. The number of hydrogen-bond donors (Lipinski definition) is 2. The molecule has 7 heteroatoms. The van der Waals surface area contributed by atoms with Crippen molar-refractivity contribution in [2.75, 3.05) is 18.1 Å². The third kappa shape index (κ3) is 3.55. The van der Waals surface area contributed by atoms with Crippen LogP contribution in [0.4, 0.5) is 5.82 Å². The summed E-state index contributed by atoms with van der Waals surface area (Å²) < 4.78 is 1.89. The van der Waals surface area contributed by atoms with E-state index >= 15 is 0 Å². The van der Waals surface area contributed by atoms with Gasteiger partial charge in [0.1, 0.15) is 16.8 Å². The van der Waals surface area contributed by atoms with Gasteiger partial charge in [0.05, 0.1) is 6.10 Å². The topological polar surface area (TPSA) is 70.9 Å². The number of benzene rings is 1. The molecular weight excluding hydrogens is 316 g/mol. The van der Waals surface area contributed by atoms with Crippen molar-refractivity contribution in [3.05, 3.63) is 42.2 Å². The Labute approximate surface area is 136 Å². The molecule has 0 fully saturated rings. The molecule has 5 nitrogen and oxygen atoms in total. The van der Waals surface area contributed by atoms with Gasteiger partial charge in [0, 0.05) is 13.0 Å². The van der Waals surface area contributed by atoms with Gasteiger partial charge in [-0.25, -0.2) is 15.0 Å². The largest absolute Gasteiger partial charge is 0.391 e. The second-order valence-corrected chi connectivity index (χ2v) is 6.84. The molecule has 1 aromatic carbocycles. The molecule has 0 saturated heterocycles. The Bertz CT molecular complexity index is 748. The Morgan fingerprint density at radius 2 is 2.09 bits per heavy atom. The summed E-state index contributed by atoms with van der Waals surface area (Å²) in [5.41, 5.74) is 1.82. The molecule has 0 spiro atoms. The van der Waals surface area contributed by atoms with Crippen LogP contribution in [0.5, 0.6) is 0 Å². The normalized spacial score (nSPS) is 12.5. The molecule has 0 aliphatic heterocycles. The lowest BCUT2D eigenvalue weighted by Crippen LogP contribution is -2.22. The zero-order valence-corrected chi connectivity index (χ0v) is 13.7. The van der Waals surface area contributed by atoms with E-state index in [1.165, 1.54) is 6.33 Å². The molecule has 0 amide bonds. The standard InChI is InChI=1S/C15H16N4OS2/c1-21-15-19-14-12(22-15)13(17-9-18-14)16-8-11(20)7-10-5-3-2-4-6-10/h2-6,9,11,20H,7-8H2,1H3,(H,16,17,18). The van der Waals surface area contributed by atoms with Crippen LogP contribution in [0.1, 0.15) is 5.56 Å². The Kier molecular flexibility index (Phi) is 4.87. The average Bonchev–Trinajstić information content (AvgIpc) is 2.97. The van der Waals surface area contributed by atoms with Crippen LogP contribution in [0.3, 0.4) is 0 Å². The minimum atomic E-state index is -0.472. The summed E-state index contributed by atoms with van der Waals surface area (Å²) in [6.45, 7) is 0.438. The van der Waals surface area contributed by atoms with Gasteiger partial charge in [0.25, 0.3) is 0 Å². The predicted octanol–water partition coefficient (Wildman–Crippen LogP) is 2.82. The smallest absolute Gasteiger partial charge is 0.176 e. The van der Waals surface area contributed by atoms with Crippen molar-refractivity contribution < 1.29 is 5.11 Å². The van der Waals surface area contributed by atoms with Crippen LogP contribution < -0.4 is 5.32 Å². The minimum absolute atomic E-state index is 0.438. The number of thiazole rings is 1. The molecule has 0 aliphatic rings. The van der Waals surface area contributed by atoms with E-state index in [0.29, 0.717) is 18.6 Å². The number of nitrogens with one attached hydrogen (secondary N) is 1. The number of aliphatic hydroxyl groups excluding tert-OH is 1. The Morgan fingerprint density at radius 3 is 2.86 bits per heavy atom. The molecule has 0 bridgehead atoms. The molecule has 2 aromatic heterocycles. The Balaban J connectivity index is 1.67. The highest BCUT2D eigenvalue weighted by atomic mass is 32.2. The number of anilines is 1. The van der Waals surface area contributed by atoms with E-state index in [1.807, 2.05) is 36.6 Å². The summed E-state index contributed by atoms with van der Waals surface area (Å²) in [6.07, 6.45) is 3.63. The molecule has 0 radical (unpaired) electrons. The molecular formula is C15H16N4OS2. The highest BCUT2D eigenvalue weighted by Gasteiger charge is 2.11. The fraction of sp³-hybridized carbons (Fsp3) is 0.267. The summed E-state index contributed by atoms with van der Waals surface area (Å²) >= 11 is 3.15. The van der Waals surface area contributed by atoms with Gasteiger partial charge in [-0.3, -0.25) is 0 Å².